The summed E-state index contributed by atoms with van der Waals surface area (Å²) in [7, 11) is 0. The number of ether oxygens (including phenoxy) is 1. The fourth-order valence-corrected chi connectivity index (χ4v) is 2.45. The minimum absolute atomic E-state index is 0.0620. The SMILES string of the molecule is CCO/C(O)=C(/C#N)C1c2ccccc2C(=O)N1CC. The molecule has 0 bridgehead atoms. The van der Waals surface area contributed by atoms with Crippen LogP contribution in [-0.2, 0) is 4.74 Å². The molecule has 20 heavy (non-hydrogen) atoms. The summed E-state index contributed by atoms with van der Waals surface area (Å²) in [6.07, 6.45) is 0. The van der Waals surface area contributed by atoms with Crippen molar-refractivity contribution in [2.24, 2.45) is 0 Å². The Kier molecular flexibility index (Phi) is 3.94. The molecule has 1 aromatic rings. The molecule has 1 atom stereocenters. The topological polar surface area (TPSA) is 73.6 Å². The number of aliphatic hydroxyl groups is 1. The number of nitriles is 1. The van der Waals surface area contributed by atoms with Crippen molar-refractivity contribution in [1.29, 1.82) is 5.26 Å². The Labute approximate surface area is 117 Å². The smallest absolute Gasteiger partial charge is 0.293 e. The first-order valence-electron chi connectivity index (χ1n) is 6.51. The van der Waals surface area contributed by atoms with Gasteiger partial charge in [-0.1, -0.05) is 18.2 Å². The van der Waals surface area contributed by atoms with E-state index in [0.29, 0.717) is 12.1 Å². The van der Waals surface area contributed by atoms with Crippen molar-refractivity contribution in [3.8, 4) is 6.07 Å². The number of aliphatic hydroxyl groups excluding tert-OH is 1. The van der Waals surface area contributed by atoms with Gasteiger partial charge in [-0.15, -0.1) is 0 Å². The number of hydrogen-bond donors (Lipinski definition) is 1. The first-order valence-corrected chi connectivity index (χ1v) is 6.51. The quantitative estimate of drug-likeness (QED) is 0.675. The molecule has 2 rings (SSSR count). The molecule has 0 fully saturated rings. The molecule has 5 heteroatoms. The minimum atomic E-state index is -0.583. The van der Waals surface area contributed by atoms with Crippen molar-refractivity contribution >= 4 is 5.91 Å². The van der Waals surface area contributed by atoms with E-state index in [1.165, 1.54) is 0 Å². The van der Waals surface area contributed by atoms with Crippen molar-refractivity contribution in [2.45, 2.75) is 19.9 Å². The molecule has 0 aromatic heterocycles. The normalized spacial score (nSPS) is 18.4. The van der Waals surface area contributed by atoms with Gasteiger partial charge in [-0.05, 0) is 25.5 Å². The van der Waals surface area contributed by atoms with Gasteiger partial charge in [0.1, 0.15) is 17.7 Å². The highest BCUT2D eigenvalue weighted by Gasteiger charge is 2.39. The van der Waals surface area contributed by atoms with Gasteiger partial charge >= 0.3 is 0 Å². The number of nitrogens with zero attached hydrogens (tertiary/aromatic N) is 2. The first kappa shape index (κ1) is 13.9. The Morgan fingerprint density at radius 1 is 1.45 bits per heavy atom. The molecule has 0 radical (unpaired) electrons. The largest absolute Gasteiger partial charge is 0.480 e. The molecule has 0 spiro atoms. The van der Waals surface area contributed by atoms with Gasteiger partial charge in [0.05, 0.1) is 6.61 Å². The van der Waals surface area contributed by atoms with Crippen LogP contribution in [0.1, 0.15) is 35.8 Å². The maximum absolute atomic E-state index is 12.3. The van der Waals surface area contributed by atoms with Crippen LogP contribution in [0.15, 0.2) is 35.8 Å². The van der Waals surface area contributed by atoms with Gasteiger partial charge in [-0.3, -0.25) is 4.79 Å². The third-order valence-corrected chi connectivity index (χ3v) is 3.30. The second kappa shape index (κ2) is 5.66. The Morgan fingerprint density at radius 2 is 2.15 bits per heavy atom. The molecule has 104 valence electrons. The molecule has 1 aliphatic heterocycles. The highest BCUT2D eigenvalue weighted by Crippen LogP contribution is 2.38. The Balaban J connectivity index is 2.57. The van der Waals surface area contributed by atoms with Crippen LogP contribution < -0.4 is 0 Å². The van der Waals surface area contributed by atoms with E-state index in [-0.39, 0.29) is 18.1 Å². The molecule has 0 aliphatic carbocycles. The Bertz CT molecular complexity index is 601. The predicted octanol–water partition coefficient (Wildman–Crippen LogP) is 2.53. The van der Waals surface area contributed by atoms with Gasteiger partial charge < -0.3 is 14.7 Å². The van der Waals surface area contributed by atoms with Crippen LogP contribution in [0.4, 0.5) is 0 Å². The third kappa shape index (κ3) is 2.10. The lowest BCUT2D eigenvalue weighted by molar-refractivity contribution is 0.0725. The van der Waals surface area contributed by atoms with E-state index >= 15 is 0 Å². The zero-order chi connectivity index (χ0) is 14.7. The monoisotopic (exact) mass is 272 g/mol. The van der Waals surface area contributed by atoms with Gasteiger partial charge in [-0.25, -0.2) is 0 Å². The van der Waals surface area contributed by atoms with Crippen molar-refractivity contribution < 1.29 is 14.6 Å². The number of carbonyl (C=O) groups excluding carboxylic acids is 1. The van der Waals surface area contributed by atoms with Crippen LogP contribution in [0.3, 0.4) is 0 Å². The van der Waals surface area contributed by atoms with Crippen molar-refractivity contribution in [1.82, 2.24) is 4.90 Å². The lowest BCUT2D eigenvalue weighted by Gasteiger charge is -2.23. The van der Waals surface area contributed by atoms with E-state index in [1.54, 1.807) is 30.0 Å². The lowest BCUT2D eigenvalue weighted by atomic mass is 9.99. The van der Waals surface area contributed by atoms with Gasteiger partial charge in [0.2, 0.25) is 0 Å². The number of hydrogen-bond acceptors (Lipinski definition) is 4. The maximum atomic E-state index is 12.3. The van der Waals surface area contributed by atoms with E-state index in [0.717, 1.165) is 5.56 Å². The summed E-state index contributed by atoms with van der Waals surface area (Å²) in [5.74, 6) is -0.548. The molecule has 5 nitrogen and oxygen atoms in total. The van der Waals surface area contributed by atoms with Crippen molar-refractivity contribution in [3.63, 3.8) is 0 Å². The number of amides is 1. The molecule has 1 amide bonds. The van der Waals surface area contributed by atoms with E-state index in [9.17, 15) is 15.2 Å². The number of carbonyl (C=O) groups is 1. The van der Waals surface area contributed by atoms with Crippen LogP contribution in [0.2, 0.25) is 0 Å². The summed E-state index contributed by atoms with van der Waals surface area (Å²) in [4.78, 5) is 13.9. The van der Waals surface area contributed by atoms with Crippen LogP contribution in [0.25, 0.3) is 0 Å². The average Bonchev–Trinajstić information content (AvgIpc) is 2.74. The molecular formula is C15H16N2O3. The van der Waals surface area contributed by atoms with Gasteiger partial charge in [-0.2, -0.15) is 5.26 Å². The lowest BCUT2D eigenvalue weighted by Crippen LogP contribution is -2.29. The van der Waals surface area contributed by atoms with Crippen LogP contribution in [-0.4, -0.2) is 29.1 Å². The number of fused-ring (bicyclic) bond motifs is 1. The molecule has 1 aromatic carbocycles. The average molecular weight is 272 g/mol. The molecule has 0 saturated carbocycles. The summed E-state index contributed by atoms with van der Waals surface area (Å²) >= 11 is 0. The Morgan fingerprint density at radius 3 is 2.75 bits per heavy atom. The third-order valence-electron chi connectivity index (χ3n) is 3.30. The number of benzene rings is 1. The van der Waals surface area contributed by atoms with Crippen LogP contribution in [0.5, 0.6) is 0 Å². The van der Waals surface area contributed by atoms with Gasteiger partial charge in [0, 0.05) is 12.1 Å². The summed E-state index contributed by atoms with van der Waals surface area (Å²) < 4.78 is 5.03. The molecular weight excluding hydrogens is 256 g/mol. The van der Waals surface area contributed by atoms with Crippen LogP contribution >= 0.6 is 0 Å². The highest BCUT2D eigenvalue weighted by atomic mass is 16.6. The van der Waals surface area contributed by atoms with E-state index in [2.05, 4.69) is 0 Å². The zero-order valence-electron chi connectivity index (χ0n) is 11.5. The van der Waals surface area contributed by atoms with E-state index in [4.69, 9.17) is 4.74 Å². The van der Waals surface area contributed by atoms with E-state index < -0.39 is 12.0 Å². The summed E-state index contributed by atoms with van der Waals surface area (Å²) in [6.45, 7) is 4.26. The van der Waals surface area contributed by atoms with E-state index in [1.807, 2.05) is 19.1 Å². The molecule has 0 saturated heterocycles. The molecule has 1 heterocycles. The van der Waals surface area contributed by atoms with Crippen LogP contribution in [0, 0.1) is 11.3 Å². The molecule has 1 N–H and O–H groups in total. The summed E-state index contributed by atoms with van der Waals surface area (Å²) in [5, 5.41) is 19.2. The zero-order valence-corrected chi connectivity index (χ0v) is 11.5. The molecule has 1 aliphatic rings. The predicted molar refractivity (Wildman–Crippen MR) is 72.8 cm³/mol. The van der Waals surface area contributed by atoms with Crippen molar-refractivity contribution in [2.75, 3.05) is 13.2 Å². The Hall–Kier alpha value is -2.48. The fraction of sp³-hybridized carbons (Fsp3) is 0.333. The van der Waals surface area contributed by atoms with Gasteiger partial charge in [0.15, 0.2) is 0 Å². The summed E-state index contributed by atoms with van der Waals surface area (Å²) in [5.41, 5.74) is 1.35. The highest BCUT2D eigenvalue weighted by molar-refractivity contribution is 5.99. The summed E-state index contributed by atoms with van der Waals surface area (Å²) in [6, 6.07) is 8.50. The minimum Gasteiger partial charge on any atom is -0.480 e. The second-order valence-corrected chi connectivity index (χ2v) is 4.34. The van der Waals surface area contributed by atoms with Crippen molar-refractivity contribution in [3.05, 3.63) is 46.9 Å². The second-order valence-electron chi connectivity index (χ2n) is 4.34. The number of rotatable bonds is 4. The molecule has 1 unspecified atom stereocenters. The van der Waals surface area contributed by atoms with Gasteiger partial charge in [0.25, 0.3) is 11.9 Å². The first-order chi connectivity index (χ1) is 9.65. The standard InChI is InChI=1S/C15H16N2O3/c1-3-17-13(12(9-16)15(19)20-4-2)10-7-5-6-8-11(10)14(17)18/h5-8,13,19H,3-4H2,1-2H3/b15-12-. The fourth-order valence-electron chi connectivity index (χ4n) is 2.45. The maximum Gasteiger partial charge on any atom is 0.293 e. The number of likely N-dealkylation sites (N-methyl/N-ethyl adjacent to an activating group) is 1.